The van der Waals surface area contributed by atoms with E-state index < -0.39 is 36.1 Å². The summed E-state index contributed by atoms with van der Waals surface area (Å²) in [6, 6.07) is 27.5. The fraction of sp³-hybridized carbons (Fsp3) is 0.0667. The van der Waals surface area contributed by atoms with Crippen LogP contribution in [0.25, 0.3) is 0 Å². The van der Waals surface area contributed by atoms with Crippen LogP contribution < -0.4 is 18.9 Å². The first-order chi connectivity index (χ1) is 19.3. The van der Waals surface area contributed by atoms with E-state index >= 15 is 0 Å². The van der Waals surface area contributed by atoms with Crippen LogP contribution in [0.5, 0.6) is 23.0 Å². The molecule has 0 saturated carbocycles. The molecule has 0 fully saturated rings. The van der Waals surface area contributed by atoms with Crippen molar-refractivity contribution < 1.29 is 48.3 Å². The summed E-state index contributed by atoms with van der Waals surface area (Å²) in [4.78, 5) is 50.3. The molecule has 0 aliphatic heterocycles. The van der Waals surface area contributed by atoms with Gasteiger partial charge in [0, 0.05) is 0 Å². The predicted octanol–water partition coefficient (Wildman–Crippen LogP) is 3.36. The standard InChI is InChI=1S/C30H22O10/c31-25(29(35)39-23-17-9-7-15-21(23)27(33)37-19-11-3-1-4-12-19)26(32)30(36)40-24-18-10-8-16-22(24)28(34)38-20-13-5-2-6-14-20/h1-18,25-26,31-32H/t25-,26-/m1/s1. The summed E-state index contributed by atoms with van der Waals surface area (Å²) >= 11 is 0. The zero-order chi connectivity index (χ0) is 28.5. The van der Waals surface area contributed by atoms with Crippen molar-refractivity contribution in [3.8, 4) is 23.0 Å². The zero-order valence-electron chi connectivity index (χ0n) is 20.7. The Balaban J connectivity index is 1.41. The molecule has 0 saturated heterocycles. The quantitative estimate of drug-likeness (QED) is 0.238. The monoisotopic (exact) mass is 542 g/mol. The van der Waals surface area contributed by atoms with E-state index in [1.165, 1.54) is 48.5 Å². The van der Waals surface area contributed by atoms with Crippen LogP contribution in [0.4, 0.5) is 0 Å². The van der Waals surface area contributed by atoms with E-state index in [2.05, 4.69) is 0 Å². The number of esters is 4. The predicted molar refractivity (Wildman–Crippen MR) is 139 cm³/mol. The molecule has 0 aliphatic carbocycles. The van der Waals surface area contributed by atoms with Gasteiger partial charge in [-0.1, -0.05) is 60.7 Å². The van der Waals surface area contributed by atoms with Gasteiger partial charge in [-0.3, -0.25) is 0 Å². The van der Waals surface area contributed by atoms with Crippen LogP contribution >= 0.6 is 0 Å². The van der Waals surface area contributed by atoms with Gasteiger partial charge in [0.15, 0.2) is 12.2 Å². The third kappa shape index (κ3) is 6.95. The smallest absolute Gasteiger partial charge is 0.347 e. The molecule has 0 spiro atoms. The first-order valence-electron chi connectivity index (χ1n) is 11.9. The summed E-state index contributed by atoms with van der Waals surface area (Å²) in [5.74, 6) is -4.63. The van der Waals surface area contributed by atoms with Crippen molar-refractivity contribution in [1.82, 2.24) is 0 Å². The number of para-hydroxylation sites is 4. The maximum absolute atomic E-state index is 12.6. The van der Waals surface area contributed by atoms with Crippen molar-refractivity contribution in [2.45, 2.75) is 12.2 Å². The van der Waals surface area contributed by atoms with Crippen molar-refractivity contribution in [1.29, 1.82) is 0 Å². The van der Waals surface area contributed by atoms with Gasteiger partial charge in [0.2, 0.25) is 0 Å². The van der Waals surface area contributed by atoms with E-state index in [0.717, 1.165) is 0 Å². The molecule has 202 valence electrons. The summed E-state index contributed by atoms with van der Waals surface area (Å²) < 4.78 is 20.7. The summed E-state index contributed by atoms with van der Waals surface area (Å²) in [7, 11) is 0. The maximum Gasteiger partial charge on any atom is 0.347 e. The second-order valence-electron chi connectivity index (χ2n) is 8.13. The molecule has 2 N–H and O–H groups in total. The normalized spacial score (nSPS) is 11.9. The molecule has 4 rings (SSSR count). The van der Waals surface area contributed by atoms with Gasteiger partial charge in [-0.25, -0.2) is 19.2 Å². The molecular weight excluding hydrogens is 520 g/mol. The molecule has 0 heterocycles. The molecule has 4 aromatic carbocycles. The van der Waals surface area contributed by atoms with Crippen LogP contribution in [-0.2, 0) is 9.59 Å². The third-order valence-corrected chi connectivity index (χ3v) is 5.32. The van der Waals surface area contributed by atoms with Gasteiger partial charge in [0.25, 0.3) is 0 Å². The lowest BCUT2D eigenvalue weighted by Crippen LogP contribution is -2.44. The fourth-order valence-corrected chi connectivity index (χ4v) is 3.34. The maximum atomic E-state index is 12.6. The lowest BCUT2D eigenvalue weighted by molar-refractivity contribution is -0.162. The van der Waals surface area contributed by atoms with Crippen molar-refractivity contribution in [2.75, 3.05) is 0 Å². The number of benzene rings is 4. The van der Waals surface area contributed by atoms with Gasteiger partial charge in [0.1, 0.15) is 34.1 Å². The van der Waals surface area contributed by atoms with Crippen LogP contribution in [0.2, 0.25) is 0 Å². The lowest BCUT2D eigenvalue weighted by atomic mass is 10.1. The first kappa shape index (κ1) is 27.7. The van der Waals surface area contributed by atoms with E-state index in [0.29, 0.717) is 0 Å². The number of aliphatic hydroxyl groups excluding tert-OH is 2. The van der Waals surface area contributed by atoms with Gasteiger partial charge in [-0.15, -0.1) is 0 Å². The van der Waals surface area contributed by atoms with Crippen LogP contribution in [0.1, 0.15) is 20.7 Å². The molecule has 4 aromatic rings. The number of rotatable bonds is 9. The van der Waals surface area contributed by atoms with Crippen molar-refractivity contribution in [3.05, 3.63) is 120 Å². The Bertz CT molecular complexity index is 1390. The fourth-order valence-electron chi connectivity index (χ4n) is 3.34. The highest BCUT2D eigenvalue weighted by molar-refractivity contribution is 5.97. The van der Waals surface area contributed by atoms with E-state index in [-0.39, 0.29) is 34.1 Å². The molecule has 10 nitrogen and oxygen atoms in total. The van der Waals surface area contributed by atoms with E-state index in [1.54, 1.807) is 60.7 Å². The zero-order valence-corrected chi connectivity index (χ0v) is 20.7. The molecule has 2 atom stereocenters. The highest BCUT2D eigenvalue weighted by Crippen LogP contribution is 2.23. The number of carbonyl (C=O) groups excluding carboxylic acids is 4. The molecule has 10 heteroatoms. The van der Waals surface area contributed by atoms with Crippen LogP contribution in [0, 0.1) is 0 Å². The van der Waals surface area contributed by atoms with Gasteiger partial charge < -0.3 is 29.2 Å². The van der Waals surface area contributed by atoms with Crippen molar-refractivity contribution >= 4 is 23.9 Å². The summed E-state index contributed by atoms with van der Waals surface area (Å²) in [5.41, 5.74) is -0.287. The van der Waals surface area contributed by atoms with E-state index in [4.69, 9.17) is 18.9 Å². The van der Waals surface area contributed by atoms with Crippen LogP contribution in [0.3, 0.4) is 0 Å². The topological polar surface area (TPSA) is 146 Å². The van der Waals surface area contributed by atoms with Gasteiger partial charge in [-0.05, 0) is 48.5 Å². The van der Waals surface area contributed by atoms with Gasteiger partial charge >= 0.3 is 23.9 Å². The molecular formula is C30H22O10. The van der Waals surface area contributed by atoms with Crippen molar-refractivity contribution in [2.24, 2.45) is 0 Å². The molecule has 0 radical (unpaired) electrons. The number of hydrogen-bond acceptors (Lipinski definition) is 10. The molecule has 0 aliphatic rings. The first-order valence-corrected chi connectivity index (χ1v) is 11.9. The SMILES string of the molecule is O=C(Oc1ccccc1)c1ccccc1OC(=O)[C@H](O)[C@@H](O)C(=O)Oc1ccccc1C(=O)Oc1ccccc1. The Morgan fingerprint density at radius 3 is 1.15 bits per heavy atom. The molecule has 0 amide bonds. The largest absolute Gasteiger partial charge is 0.424 e. The number of aliphatic hydroxyl groups is 2. The second kappa shape index (κ2) is 13.0. The van der Waals surface area contributed by atoms with Gasteiger partial charge in [-0.2, -0.15) is 0 Å². The highest BCUT2D eigenvalue weighted by atomic mass is 16.6. The van der Waals surface area contributed by atoms with Crippen LogP contribution in [0.15, 0.2) is 109 Å². The van der Waals surface area contributed by atoms with Gasteiger partial charge in [0.05, 0.1) is 0 Å². The average Bonchev–Trinajstić information content (AvgIpc) is 2.97. The summed E-state index contributed by atoms with van der Waals surface area (Å²) in [5, 5.41) is 20.6. The molecule has 40 heavy (non-hydrogen) atoms. The minimum Gasteiger partial charge on any atom is -0.424 e. The van der Waals surface area contributed by atoms with Crippen molar-refractivity contribution in [3.63, 3.8) is 0 Å². The number of hydrogen-bond donors (Lipinski definition) is 2. The molecule has 0 unspecified atom stereocenters. The third-order valence-electron chi connectivity index (χ3n) is 5.32. The Kier molecular flexibility index (Phi) is 8.98. The Morgan fingerprint density at radius 2 is 0.775 bits per heavy atom. The second-order valence-corrected chi connectivity index (χ2v) is 8.13. The minimum absolute atomic E-state index is 0.144. The minimum atomic E-state index is -2.39. The van der Waals surface area contributed by atoms with E-state index in [9.17, 15) is 29.4 Å². The lowest BCUT2D eigenvalue weighted by Gasteiger charge is -2.17. The average molecular weight is 542 g/mol. The van der Waals surface area contributed by atoms with Crippen LogP contribution in [-0.4, -0.2) is 46.3 Å². The Labute approximate surface area is 227 Å². The Hall–Kier alpha value is -5.32. The highest BCUT2D eigenvalue weighted by Gasteiger charge is 2.35. The summed E-state index contributed by atoms with van der Waals surface area (Å²) in [6.07, 6.45) is -4.79. The summed E-state index contributed by atoms with van der Waals surface area (Å²) in [6.45, 7) is 0. The molecule has 0 bridgehead atoms. The van der Waals surface area contributed by atoms with E-state index in [1.807, 2.05) is 0 Å². The number of ether oxygens (including phenoxy) is 4. The number of carbonyl (C=O) groups is 4. The molecule has 0 aromatic heterocycles. The Morgan fingerprint density at radius 1 is 0.450 bits per heavy atom.